The molecule has 0 unspecified atom stereocenters. The minimum Gasteiger partial charge on any atom is -0.257 e. The minimum atomic E-state index is 0. The summed E-state index contributed by atoms with van der Waals surface area (Å²) in [6.45, 7) is 8.69. The quantitative estimate of drug-likeness (QED) is 0.128. The Kier molecular flexibility index (Phi) is 8.26. The van der Waals surface area contributed by atoms with Crippen LogP contribution in [0, 0.1) is 33.8 Å². The smallest absolute Gasteiger partial charge is 0.0826 e. The van der Waals surface area contributed by atoms with Crippen molar-refractivity contribution >= 4 is 54.4 Å². The molecule has 4 aromatic heterocycles. The molecule has 51 heavy (non-hydrogen) atoms. The van der Waals surface area contributed by atoms with Crippen molar-refractivity contribution in [3.63, 3.8) is 0 Å². The van der Waals surface area contributed by atoms with Gasteiger partial charge in [0.15, 0.2) is 0 Å². The van der Waals surface area contributed by atoms with Crippen molar-refractivity contribution in [1.82, 2.24) is 19.2 Å². The molecule has 5 heteroatoms. The molecule has 0 saturated heterocycles. The Balaban J connectivity index is 0.000000144. The van der Waals surface area contributed by atoms with Crippen LogP contribution in [0.2, 0.25) is 0 Å². The zero-order valence-corrected chi connectivity index (χ0v) is 31.3. The number of hydrogen-bond donors (Lipinski definition) is 0. The number of nitrogens with zero attached hydrogens (tertiary/aromatic N) is 4. The third-order valence-electron chi connectivity index (χ3n) is 10.2. The maximum atomic E-state index is 4.77. The van der Waals surface area contributed by atoms with Gasteiger partial charge in [-0.05, 0) is 83.4 Å². The monoisotopic (exact) mass is 836 g/mol. The maximum absolute atomic E-state index is 4.77. The molecule has 0 N–H and O–H groups in total. The Morgan fingerprint density at radius 2 is 0.863 bits per heavy atom. The molecule has 0 aliphatic rings. The first-order chi connectivity index (χ1) is 24.5. The van der Waals surface area contributed by atoms with Gasteiger partial charge in [0.05, 0.1) is 28.9 Å². The first-order valence-electron chi connectivity index (χ1n) is 17.1. The summed E-state index contributed by atoms with van der Waals surface area (Å²) in [5.74, 6) is 0. The minimum absolute atomic E-state index is 0. The van der Waals surface area contributed by atoms with E-state index >= 15 is 0 Å². The topological polar surface area (TPSA) is 34.6 Å². The van der Waals surface area contributed by atoms with E-state index in [1.165, 1.54) is 82.3 Å². The molecule has 0 bridgehead atoms. The second-order valence-electron chi connectivity index (χ2n) is 13.2. The molecule has 6 aromatic carbocycles. The van der Waals surface area contributed by atoms with E-state index in [-0.39, 0.29) is 20.1 Å². The molecule has 10 aromatic rings. The number of pyridine rings is 2. The number of aromatic nitrogens is 4. The van der Waals surface area contributed by atoms with Gasteiger partial charge in [-0.2, -0.15) is 34.5 Å². The van der Waals surface area contributed by atoms with E-state index in [0.29, 0.717) is 0 Å². The molecular formula is C46H35IrN4-. The number of para-hydroxylation sites is 2. The van der Waals surface area contributed by atoms with Gasteiger partial charge in [-0.3, -0.25) is 4.52 Å². The zero-order chi connectivity index (χ0) is 33.9. The molecule has 0 aliphatic heterocycles. The number of hydrogen-bond acceptors (Lipinski definition) is 2. The number of rotatable bonds is 2. The fourth-order valence-corrected chi connectivity index (χ4v) is 7.97. The van der Waals surface area contributed by atoms with Gasteiger partial charge in [-0.25, -0.2) is 4.52 Å². The van der Waals surface area contributed by atoms with Crippen LogP contribution >= 0.6 is 0 Å². The predicted octanol–water partition coefficient (Wildman–Crippen LogP) is 11.6. The Morgan fingerprint density at radius 1 is 0.431 bits per heavy atom. The van der Waals surface area contributed by atoms with Gasteiger partial charge in [0.2, 0.25) is 0 Å². The summed E-state index contributed by atoms with van der Waals surface area (Å²) in [5, 5.41) is 16.9. The van der Waals surface area contributed by atoms with Gasteiger partial charge in [0.25, 0.3) is 0 Å². The Morgan fingerprint density at radius 3 is 1.43 bits per heavy atom. The van der Waals surface area contributed by atoms with Crippen molar-refractivity contribution in [3.05, 3.63) is 168 Å². The molecular weight excluding hydrogens is 801 g/mol. The third kappa shape index (κ3) is 5.15. The Labute approximate surface area is 310 Å². The van der Waals surface area contributed by atoms with Crippen LogP contribution in [0.25, 0.3) is 76.6 Å². The second-order valence-corrected chi connectivity index (χ2v) is 13.2. The van der Waals surface area contributed by atoms with Gasteiger partial charge in [-0.1, -0.05) is 109 Å². The number of fused-ring (bicyclic) bond motifs is 12. The van der Waals surface area contributed by atoms with Crippen molar-refractivity contribution in [2.75, 3.05) is 0 Å². The summed E-state index contributed by atoms with van der Waals surface area (Å²) in [5.41, 5.74) is 14.6. The van der Waals surface area contributed by atoms with Gasteiger partial charge in [0, 0.05) is 42.0 Å². The van der Waals surface area contributed by atoms with Crippen molar-refractivity contribution < 1.29 is 20.1 Å². The van der Waals surface area contributed by atoms with E-state index in [0.717, 1.165) is 16.6 Å². The van der Waals surface area contributed by atoms with E-state index in [4.69, 9.17) is 10.2 Å². The van der Waals surface area contributed by atoms with E-state index in [1.54, 1.807) is 0 Å². The van der Waals surface area contributed by atoms with Crippen LogP contribution in [0.5, 0.6) is 0 Å². The number of benzene rings is 6. The van der Waals surface area contributed by atoms with Gasteiger partial charge < -0.3 is 0 Å². The third-order valence-corrected chi connectivity index (χ3v) is 10.2. The van der Waals surface area contributed by atoms with Crippen LogP contribution in [0.3, 0.4) is 0 Å². The van der Waals surface area contributed by atoms with Crippen LogP contribution < -0.4 is 0 Å². The summed E-state index contributed by atoms with van der Waals surface area (Å²) in [6.07, 6.45) is 4.01. The van der Waals surface area contributed by atoms with E-state index in [9.17, 15) is 0 Å². The normalized spacial score (nSPS) is 11.4. The molecule has 4 nitrogen and oxygen atoms in total. The Hall–Kier alpha value is -5.61. The van der Waals surface area contributed by atoms with Crippen LogP contribution in [-0.2, 0) is 20.1 Å². The summed E-state index contributed by atoms with van der Waals surface area (Å²) >= 11 is 0. The van der Waals surface area contributed by atoms with E-state index in [1.807, 2.05) is 29.0 Å². The van der Waals surface area contributed by atoms with Crippen molar-refractivity contribution in [2.24, 2.45) is 0 Å². The summed E-state index contributed by atoms with van der Waals surface area (Å²) in [4.78, 5) is 0. The average molecular weight is 836 g/mol. The fraction of sp³-hybridized carbons (Fsp3) is 0.0870. The van der Waals surface area contributed by atoms with Crippen molar-refractivity contribution in [1.29, 1.82) is 0 Å². The molecule has 10 rings (SSSR count). The molecule has 249 valence electrons. The predicted molar refractivity (Wildman–Crippen MR) is 209 cm³/mol. The molecule has 0 fully saturated rings. The van der Waals surface area contributed by atoms with Crippen molar-refractivity contribution in [3.8, 4) is 22.3 Å². The van der Waals surface area contributed by atoms with Gasteiger partial charge in [0.1, 0.15) is 0 Å². The fourth-order valence-electron chi connectivity index (χ4n) is 7.97. The van der Waals surface area contributed by atoms with Crippen molar-refractivity contribution in [2.45, 2.75) is 27.7 Å². The molecule has 0 spiro atoms. The molecule has 0 aliphatic carbocycles. The summed E-state index contributed by atoms with van der Waals surface area (Å²) in [7, 11) is 0. The first-order valence-corrected chi connectivity index (χ1v) is 17.1. The van der Waals surface area contributed by atoms with Crippen LogP contribution in [0.1, 0.15) is 22.3 Å². The summed E-state index contributed by atoms with van der Waals surface area (Å²) in [6, 6.07) is 48.1. The average Bonchev–Trinajstić information content (AvgIpc) is 3.78. The van der Waals surface area contributed by atoms with Crippen LogP contribution in [0.4, 0.5) is 0 Å². The summed E-state index contributed by atoms with van der Waals surface area (Å²) < 4.78 is 4.14. The Bertz CT molecular complexity index is 2690. The molecule has 1 radical (unpaired) electrons. The van der Waals surface area contributed by atoms with Gasteiger partial charge >= 0.3 is 0 Å². The molecule has 4 heterocycles. The maximum Gasteiger partial charge on any atom is 0.0826 e. The first kappa shape index (κ1) is 32.6. The van der Waals surface area contributed by atoms with E-state index in [2.05, 4.69) is 154 Å². The van der Waals surface area contributed by atoms with Gasteiger partial charge in [-0.15, -0.1) is 5.39 Å². The largest absolute Gasteiger partial charge is 0.257 e. The van der Waals surface area contributed by atoms with E-state index < -0.39 is 0 Å². The zero-order valence-electron chi connectivity index (χ0n) is 28.9. The number of aryl methyl sites for hydroxylation is 4. The second kappa shape index (κ2) is 12.9. The van der Waals surface area contributed by atoms with Crippen LogP contribution in [-0.4, -0.2) is 19.2 Å². The standard InChI is InChI=1S/C23H18N2.C23H17N2.Ir/c2*1-15-8-7-9-16(2)22(15)20-14-24-25-21-13-6-5-11-18(21)17-10-3-4-12-19(17)23(20)25;/h3-14H,1-2H3;3-12,14H,1-2H3;/q;-1;. The van der Waals surface area contributed by atoms with Crippen LogP contribution in [0.15, 0.2) is 140 Å². The molecule has 0 atom stereocenters. The SMILES string of the molecule is Cc1cccc(C)c1-c1cnn2c3[c-]cccc3c3ccccc3c12.Cc1cccc(C)c1-c1cnn2c3ccccc3c3ccccc3c12.[Ir]. The molecule has 0 saturated carbocycles. The molecule has 0 amide bonds.